The van der Waals surface area contributed by atoms with Crippen LogP contribution in [0.3, 0.4) is 0 Å². The van der Waals surface area contributed by atoms with E-state index < -0.39 is 10.0 Å². The molecule has 0 aliphatic carbocycles. The van der Waals surface area contributed by atoms with Crippen molar-refractivity contribution in [3.05, 3.63) is 29.3 Å². The molecule has 0 fully saturated rings. The van der Waals surface area contributed by atoms with Gasteiger partial charge in [0.05, 0.1) is 5.02 Å². The Bertz CT molecular complexity index is 361. The van der Waals surface area contributed by atoms with Crippen LogP contribution in [0.5, 0.6) is 0 Å². The number of hydrogen-bond acceptors (Lipinski definition) is 2. The number of rotatable bonds is 1. The van der Waals surface area contributed by atoms with Crippen LogP contribution in [0.15, 0.2) is 23.1 Å². The van der Waals surface area contributed by atoms with Crippen LogP contribution >= 0.6 is 11.6 Å². The second-order valence-electron chi connectivity index (χ2n) is 1.89. The van der Waals surface area contributed by atoms with Gasteiger partial charge < -0.3 is 0 Å². The lowest BCUT2D eigenvalue weighted by atomic mass is 10.4. The fourth-order valence-corrected chi connectivity index (χ4v) is 1.64. The first-order valence-corrected chi connectivity index (χ1v) is 4.63. The molecule has 0 atom stereocenters. The third-order valence-electron chi connectivity index (χ3n) is 1.05. The molecule has 59 valence electrons. The lowest BCUT2D eigenvalue weighted by molar-refractivity contribution is 0.597. The van der Waals surface area contributed by atoms with E-state index in [1.54, 1.807) is 6.07 Å². The highest BCUT2D eigenvalue weighted by atomic mass is 35.5. The van der Waals surface area contributed by atoms with E-state index in [2.05, 4.69) is 6.07 Å². The van der Waals surface area contributed by atoms with E-state index in [0.717, 1.165) is 0 Å². The topological polar surface area (TPSA) is 60.2 Å². The molecular weight excluding hydrogens is 186 g/mol. The Kier molecular flexibility index (Phi) is 2.17. The van der Waals surface area contributed by atoms with Crippen molar-refractivity contribution in [2.24, 2.45) is 5.14 Å². The fourth-order valence-electron chi connectivity index (χ4n) is 0.619. The fraction of sp³-hybridized carbons (Fsp3) is 0. The van der Waals surface area contributed by atoms with Gasteiger partial charge in [0, 0.05) is 6.07 Å². The lowest BCUT2D eigenvalue weighted by Crippen LogP contribution is -2.12. The number of hydrogen-bond donors (Lipinski definition) is 1. The third-order valence-corrected chi connectivity index (χ3v) is 2.39. The molecule has 0 saturated carbocycles. The number of halogens is 1. The van der Waals surface area contributed by atoms with Gasteiger partial charge in [-0.25, -0.2) is 13.6 Å². The van der Waals surface area contributed by atoms with Gasteiger partial charge in [0.1, 0.15) is 4.90 Å². The minimum Gasteiger partial charge on any atom is -0.225 e. The van der Waals surface area contributed by atoms with Gasteiger partial charge in [-0.3, -0.25) is 0 Å². The summed E-state index contributed by atoms with van der Waals surface area (Å²) < 4.78 is 21.4. The number of sulfonamides is 1. The molecule has 0 bridgehead atoms. The Morgan fingerprint density at radius 2 is 2.18 bits per heavy atom. The molecule has 0 spiro atoms. The molecule has 5 heteroatoms. The van der Waals surface area contributed by atoms with Crippen molar-refractivity contribution in [2.75, 3.05) is 0 Å². The third kappa shape index (κ3) is 1.92. The van der Waals surface area contributed by atoms with Crippen LogP contribution in [0.2, 0.25) is 5.02 Å². The van der Waals surface area contributed by atoms with Gasteiger partial charge in [-0.15, -0.1) is 0 Å². The highest BCUT2D eigenvalue weighted by Gasteiger charge is 2.10. The monoisotopic (exact) mass is 190 g/mol. The predicted octanol–water partition coefficient (Wildman–Crippen LogP) is 0.788. The van der Waals surface area contributed by atoms with Crippen LogP contribution in [0.1, 0.15) is 0 Å². The Balaban J connectivity index is 3.37. The van der Waals surface area contributed by atoms with Gasteiger partial charge in [-0.1, -0.05) is 23.7 Å². The van der Waals surface area contributed by atoms with Crippen molar-refractivity contribution in [1.29, 1.82) is 0 Å². The van der Waals surface area contributed by atoms with E-state index in [0.29, 0.717) is 0 Å². The van der Waals surface area contributed by atoms with Gasteiger partial charge in [-0.2, -0.15) is 0 Å². The van der Waals surface area contributed by atoms with Gasteiger partial charge in [0.2, 0.25) is 10.0 Å². The number of nitrogens with two attached hydrogens (primary N) is 1. The van der Waals surface area contributed by atoms with E-state index >= 15 is 0 Å². The minimum absolute atomic E-state index is 0.0926. The second kappa shape index (κ2) is 2.81. The second-order valence-corrected chi connectivity index (χ2v) is 3.80. The molecule has 3 nitrogen and oxygen atoms in total. The van der Waals surface area contributed by atoms with Crippen LogP contribution in [-0.4, -0.2) is 8.42 Å². The normalized spacial score (nSPS) is 11.5. The van der Waals surface area contributed by atoms with E-state index in [9.17, 15) is 8.42 Å². The summed E-state index contributed by atoms with van der Waals surface area (Å²) >= 11 is 5.52. The molecule has 0 unspecified atom stereocenters. The molecule has 11 heavy (non-hydrogen) atoms. The van der Waals surface area contributed by atoms with E-state index in [1.807, 2.05) is 0 Å². The zero-order valence-electron chi connectivity index (χ0n) is 5.41. The number of primary sulfonamides is 1. The molecule has 1 radical (unpaired) electrons. The van der Waals surface area contributed by atoms with Crippen molar-refractivity contribution in [3.63, 3.8) is 0 Å². The molecule has 1 aromatic rings. The van der Waals surface area contributed by atoms with Crippen LogP contribution in [-0.2, 0) is 10.0 Å². The molecule has 0 heterocycles. The summed E-state index contributed by atoms with van der Waals surface area (Å²) in [6.07, 6.45) is 0. The molecular formula is C6H5ClNO2S. The molecule has 0 aliphatic rings. The molecule has 1 aromatic carbocycles. The molecule has 0 amide bonds. The van der Waals surface area contributed by atoms with Crippen molar-refractivity contribution in [2.45, 2.75) is 4.90 Å². The summed E-state index contributed by atoms with van der Waals surface area (Å²) in [4.78, 5) is -0.165. The molecule has 0 saturated heterocycles. The van der Waals surface area contributed by atoms with Gasteiger partial charge >= 0.3 is 0 Å². The van der Waals surface area contributed by atoms with Crippen LogP contribution in [0.25, 0.3) is 0 Å². The Morgan fingerprint density at radius 3 is 2.55 bits per heavy atom. The zero-order valence-corrected chi connectivity index (χ0v) is 6.98. The summed E-state index contributed by atoms with van der Waals surface area (Å²) in [6.45, 7) is 0. The summed E-state index contributed by atoms with van der Waals surface area (Å²) in [7, 11) is -3.72. The minimum atomic E-state index is -3.72. The summed E-state index contributed by atoms with van der Waals surface area (Å²) in [5.74, 6) is 0. The lowest BCUT2D eigenvalue weighted by Gasteiger charge is -1.97. The van der Waals surface area contributed by atoms with E-state index in [1.165, 1.54) is 12.1 Å². The van der Waals surface area contributed by atoms with Crippen molar-refractivity contribution in [1.82, 2.24) is 0 Å². The molecule has 1 rings (SSSR count). The van der Waals surface area contributed by atoms with Crippen molar-refractivity contribution >= 4 is 21.6 Å². The Hall–Kier alpha value is -0.580. The standard InChI is InChI=1S/C6H5ClNO2S/c7-5-3-1-2-4-6(5)11(8,9)10/h1-3H,(H2,8,9,10). The molecule has 0 aromatic heterocycles. The van der Waals surface area contributed by atoms with E-state index in [4.69, 9.17) is 16.7 Å². The summed E-state index contributed by atoms with van der Waals surface area (Å²) in [5.41, 5.74) is 0. The van der Waals surface area contributed by atoms with Crippen LogP contribution in [0.4, 0.5) is 0 Å². The highest BCUT2D eigenvalue weighted by Crippen LogP contribution is 2.17. The average molecular weight is 191 g/mol. The molecule has 2 N–H and O–H groups in total. The first kappa shape index (κ1) is 8.52. The first-order valence-electron chi connectivity index (χ1n) is 2.71. The van der Waals surface area contributed by atoms with Crippen LogP contribution in [0, 0.1) is 6.07 Å². The summed E-state index contributed by atoms with van der Waals surface area (Å²) in [6, 6.07) is 6.89. The van der Waals surface area contributed by atoms with E-state index in [-0.39, 0.29) is 9.92 Å². The first-order chi connectivity index (χ1) is 5.02. The number of benzene rings is 1. The maximum Gasteiger partial charge on any atom is 0.240 e. The average Bonchev–Trinajstić information content (AvgIpc) is 1.86. The maximum atomic E-state index is 10.7. The predicted molar refractivity (Wildman–Crippen MR) is 41.7 cm³/mol. The van der Waals surface area contributed by atoms with Gasteiger partial charge in [0.25, 0.3) is 0 Å². The van der Waals surface area contributed by atoms with Crippen molar-refractivity contribution in [3.8, 4) is 0 Å². The molecule has 0 aliphatic heterocycles. The highest BCUT2D eigenvalue weighted by molar-refractivity contribution is 7.89. The van der Waals surface area contributed by atoms with Crippen LogP contribution < -0.4 is 5.14 Å². The Labute approximate surface area is 69.8 Å². The Morgan fingerprint density at radius 1 is 1.55 bits per heavy atom. The maximum absolute atomic E-state index is 10.7. The quantitative estimate of drug-likeness (QED) is 0.712. The smallest absolute Gasteiger partial charge is 0.225 e. The van der Waals surface area contributed by atoms with Gasteiger partial charge in [0.15, 0.2) is 0 Å². The largest absolute Gasteiger partial charge is 0.240 e. The van der Waals surface area contributed by atoms with Gasteiger partial charge in [-0.05, 0) is 6.07 Å². The zero-order chi connectivity index (χ0) is 8.48. The van der Waals surface area contributed by atoms with Crippen molar-refractivity contribution < 1.29 is 8.42 Å². The SMILES string of the molecule is NS(=O)(=O)c1[c]cccc1Cl. The summed E-state index contributed by atoms with van der Waals surface area (Å²) in [5, 5.41) is 4.91.